The molecular formula is C22H20N2O2. The minimum Gasteiger partial charge on any atom is -0.341 e. The van der Waals surface area contributed by atoms with E-state index in [-0.39, 0.29) is 17.6 Å². The summed E-state index contributed by atoms with van der Waals surface area (Å²) in [5, 5.41) is 2.98. The maximum atomic E-state index is 12.7. The molecule has 2 aromatic carbocycles. The van der Waals surface area contributed by atoms with Gasteiger partial charge in [0, 0.05) is 23.5 Å². The first-order chi connectivity index (χ1) is 12.6. The molecule has 1 amide bonds. The summed E-state index contributed by atoms with van der Waals surface area (Å²) in [4.78, 5) is 25.4. The molecule has 0 spiro atoms. The first-order valence-corrected chi connectivity index (χ1v) is 8.80. The quantitative estimate of drug-likeness (QED) is 0.723. The predicted octanol–water partition coefficient (Wildman–Crippen LogP) is 4.15. The lowest BCUT2D eigenvalue weighted by Gasteiger charge is -2.11. The lowest BCUT2D eigenvalue weighted by atomic mass is 10.0. The van der Waals surface area contributed by atoms with Crippen molar-refractivity contribution in [3.8, 4) is 0 Å². The first kappa shape index (κ1) is 16.3. The predicted molar refractivity (Wildman–Crippen MR) is 101 cm³/mol. The molecule has 1 aromatic heterocycles. The van der Waals surface area contributed by atoms with Gasteiger partial charge in [0.15, 0.2) is 0 Å². The largest absolute Gasteiger partial charge is 0.341 e. The Balaban J connectivity index is 1.55. The number of hydrogen-bond acceptors (Lipinski definition) is 2. The number of carbonyl (C=O) groups excluding carboxylic acids is 2. The van der Waals surface area contributed by atoms with Crippen LogP contribution in [0.4, 0.5) is 5.69 Å². The van der Waals surface area contributed by atoms with E-state index in [4.69, 9.17) is 0 Å². The molecule has 4 rings (SSSR count). The monoisotopic (exact) mass is 344 g/mol. The number of ketones is 1. The van der Waals surface area contributed by atoms with Crippen LogP contribution in [-0.2, 0) is 11.3 Å². The van der Waals surface area contributed by atoms with Crippen LogP contribution in [0.15, 0.2) is 66.7 Å². The lowest BCUT2D eigenvalue weighted by molar-refractivity contribution is -0.117. The standard InChI is InChI=1S/C22H20N2O2/c1-15-7-9-17(10-8-15)23-22(26)18-13-14-24-19(18)11-12-20(24)21(25)16-5-3-2-4-6-16/h2-12,18H,13-14H2,1H3,(H,23,26). The molecule has 0 saturated heterocycles. The minimum atomic E-state index is -0.228. The van der Waals surface area contributed by atoms with Crippen LogP contribution < -0.4 is 5.32 Å². The minimum absolute atomic E-state index is 0.00329. The Kier molecular flexibility index (Phi) is 4.17. The Morgan fingerprint density at radius 2 is 1.69 bits per heavy atom. The number of amides is 1. The molecule has 0 saturated carbocycles. The Labute approximate surface area is 152 Å². The van der Waals surface area contributed by atoms with Crippen LogP contribution in [0.5, 0.6) is 0 Å². The zero-order valence-electron chi connectivity index (χ0n) is 14.6. The SMILES string of the molecule is Cc1ccc(NC(=O)C2CCn3c(C(=O)c4ccccc4)ccc32)cc1. The summed E-state index contributed by atoms with van der Waals surface area (Å²) in [7, 11) is 0. The molecular weight excluding hydrogens is 324 g/mol. The van der Waals surface area contributed by atoms with Crippen molar-refractivity contribution in [2.75, 3.05) is 5.32 Å². The summed E-state index contributed by atoms with van der Waals surface area (Å²) in [5.74, 6) is -0.255. The fourth-order valence-corrected chi connectivity index (χ4v) is 3.51. The van der Waals surface area contributed by atoms with Crippen molar-refractivity contribution < 1.29 is 9.59 Å². The summed E-state index contributed by atoms with van der Waals surface area (Å²) in [6.07, 6.45) is 0.711. The smallest absolute Gasteiger partial charge is 0.233 e. The van der Waals surface area contributed by atoms with E-state index < -0.39 is 0 Å². The molecule has 130 valence electrons. The maximum absolute atomic E-state index is 12.7. The average molecular weight is 344 g/mol. The fraction of sp³-hybridized carbons (Fsp3) is 0.182. The highest BCUT2D eigenvalue weighted by atomic mass is 16.2. The van der Waals surface area contributed by atoms with Gasteiger partial charge in [0.1, 0.15) is 0 Å². The van der Waals surface area contributed by atoms with Gasteiger partial charge in [0.2, 0.25) is 11.7 Å². The maximum Gasteiger partial charge on any atom is 0.233 e. The van der Waals surface area contributed by atoms with E-state index in [1.165, 1.54) is 0 Å². The van der Waals surface area contributed by atoms with Gasteiger partial charge in [-0.05, 0) is 37.6 Å². The summed E-state index contributed by atoms with van der Waals surface area (Å²) in [6.45, 7) is 2.70. The average Bonchev–Trinajstić information content (AvgIpc) is 3.26. The van der Waals surface area contributed by atoms with Crippen LogP contribution >= 0.6 is 0 Å². The number of hydrogen-bond donors (Lipinski definition) is 1. The molecule has 1 unspecified atom stereocenters. The van der Waals surface area contributed by atoms with Crippen molar-refractivity contribution in [1.29, 1.82) is 0 Å². The van der Waals surface area contributed by atoms with Gasteiger partial charge in [-0.3, -0.25) is 9.59 Å². The number of carbonyl (C=O) groups is 2. The van der Waals surface area contributed by atoms with E-state index in [1.807, 2.05) is 78.2 Å². The number of aromatic nitrogens is 1. The topological polar surface area (TPSA) is 51.1 Å². The van der Waals surface area contributed by atoms with E-state index >= 15 is 0 Å². The van der Waals surface area contributed by atoms with Crippen LogP contribution in [0.25, 0.3) is 0 Å². The molecule has 1 aliphatic heterocycles. The second-order valence-electron chi connectivity index (χ2n) is 6.69. The Morgan fingerprint density at radius 1 is 0.962 bits per heavy atom. The zero-order chi connectivity index (χ0) is 18.1. The number of fused-ring (bicyclic) bond motifs is 1. The van der Waals surface area contributed by atoms with Gasteiger partial charge in [-0.25, -0.2) is 0 Å². The van der Waals surface area contributed by atoms with E-state index in [1.54, 1.807) is 0 Å². The van der Waals surface area contributed by atoms with Crippen LogP contribution in [0.3, 0.4) is 0 Å². The number of anilines is 1. The number of aryl methyl sites for hydroxylation is 1. The first-order valence-electron chi connectivity index (χ1n) is 8.80. The molecule has 4 nitrogen and oxygen atoms in total. The molecule has 4 heteroatoms. The van der Waals surface area contributed by atoms with Gasteiger partial charge in [-0.2, -0.15) is 0 Å². The second-order valence-corrected chi connectivity index (χ2v) is 6.69. The molecule has 2 heterocycles. The molecule has 1 N–H and O–H groups in total. The highest BCUT2D eigenvalue weighted by Crippen LogP contribution is 2.32. The third-order valence-electron chi connectivity index (χ3n) is 4.92. The van der Waals surface area contributed by atoms with Crippen LogP contribution in [-0.4, -0.2) is 16.3 Å². The summed E-state index contributed by atoms with van der Waals surface area (Å²) < 4.78 is 1.98. The van der Waals surface area contributed by atoms with Crippen LogP contribution in [0, 0.1) is 6.92 Å². The van der Waals surface area contributed by atoms with E-state index in [0.29, 0.717) is 24.2 Å². The molecule has 0 bridgehead atoms. The lowest BCUT2D eigenvalue weighted by Crippen LogP contribution is -2.19. The molecule has 1 aliphatic rings. The Morgan fingerprint density at radius 3 is 2.42 bits per heavy atom. The Hall–Kier alpha value is -3.14. The molecule has 0 aliphatic carbocycles. The van der Waals surface area contributed by atoms with Crippen molar-refractivity contribution in [3.05, 3.63) is 89.2 Å². The van der Waals surface area contributed by atoms with Crippen molar-refractivity contribution in [2.45, 2.75) is 25.8 Å². The van der Waals surface area contributed by atoms with Crippen molar-refractivity contribution in [3.63, 3.8) is 0 Å². The number of rotatable bonds is 4. The summed E-state index contributed by atoms with van der Waals surface area (Å²) in [6, 6.07) is 20.8. The second kappa shape index (κ2) is 6.64. The number of nitrogens with one attached hydrogen (secondary N) is 1. The van der Waals surface area contributed by atoms with Crippen molar-refractivity contribution in [1.82, 2.24) is 4.57 Å². The van der Waals surface area contributed by atoms with Gasteiger partial charge >= 0.3 is 0 Å². The molecule has 26 heavy (non-hydrogen) atoms. The Bertz CT molecular complexity index is 956. The normalized spacial score (nSPS) is 15.5. The van der Waals surface area contributed by atoms with Gasteiger partial charge in [-0.1, -0.05) is 48.0 Å². The fourth-order valence-electron chi connectivity index (χ4n) is 3.51. The molecule has 1 atom stereocenters. The van der Waals surface area contributed by atoms with Gasteiger partial charge in [0.05, 0.1) is 11.6 Å². The van der Waals surface area contributed by atoms with Crippen LogP contribution in [0.1, 0.15) is 39.6 Å². The van der Waals surface area contributed by atoms with Gasteiger partial charge < -0.3 is 9.88 Å². The zero-order valence-corrected chi connectivity index (χ0v) is 14.6. The molecule has 3 aromatic rings. The van der Waals surface area contributed by atoms with E-state index in [2.05, 4.69) is 5.32 Å². The number of nitrogens with zero attached hydrogens (tertiary/aromatic N) is 1. The third-order valence-corrected chi connectivity index (χ3v) is 4.92. The van der Waals surface area contributed by atoms with Crippen molar-refractivity contribution in [2.24, 2.45) is 0 Å². The summed E-state index contributed by atoms with van der Waals surface area (Å²) >= 11 is 0. The highest BCUT2D eigenvalue weighted by molar-refractivity contribution is 6.08. The summed E-state index contributed by atoms with van der Waals surface area (Å²) in [5.41, 5.74) is 4.18. The number of benzene rings is 2. The van der Waals surface area contributed by atoms with Crippen LogP contribution in [0.2, 0.25) is 0 Å². The van der Waals surface area contributed by atoms with Gasteiger partial charge in [0.25, 0.3) is 0 Å². The van der Waals surface area contributed by atoms with Crippen molar-refractivity contribution >= 4 is 17.4 Å². The van der Waals surface area contributed by atoms with Gasteiger partial charge in [-0.15, -0.1) is 0 Å². The highest BCUT2D eigenvalue weighted by Gasteiger charge is 2.31. The third kappa shape index (κ3) is 2.94. The van der Waals surface area contributed by atoms with E-state index in [0.717, 1.165) is 16.9 Å². The molecule has 0 fully saturated rings. The van der Waals surface area contributed by atoms with E-state index in [9.17, 15) is 9.59 Å². The molecule has 0 radical (unpaired) electrons.